The second-order valence-corrected chi connectivity index (χ2v) is 8.19. The molecule has 3 heterocycles. The monoisotopic (exact) mass is 394 g/mol. The Morgan fingerprint density at radius 2 is 1.93 bits per heavy atom. The molecule has 0 bridgehead atoms. The molecule has 2 amide bonds. The van der Waals surface area contributed by atoms with Gasteiger partial charge in [-0.1, -0.05) is 31.2 Å². The van der Waals surface area contributed by atoms with E-state index in [1.165, 1.54) is 11.1 Å². The normalized spacial score (nSPS) is 21.7. The first-order valence-electron chi connectivity index (χ1n) is 10.3. The van der Waals surface area contributed by atoms with Gasteiger partial charge in [0.2, 0.25) is 6.79 Å². The van der Waals surface area contributed by atoms with Crippen LogP contribution in [0.25, 0.3) is 0 Å². The van der Waals surface area contributed by atoms with Crippen molar-refractivity contribution in [3.05, 3.63) is 53.6 Å². The van der Waals surface area contributed by atoms with Crippen LogP contribution in [0.4, 0.5) is 10.5 Å². The summed E-state index contributed by atoms with van der Waals surface area (Å²) in [7, 11) is 0. The maximum absolute atomic E-state index is 13.1. The molecule has 0 aromatic heterocycles. The minimum absolute atomic E-state index is 0.0339. The molecule has 1 fully saturated rings. The van der Waals surface area contributed by atoms with E-state index >= 15 is 0 Å². The average Bonchev–Trinajstić information content (AvgIpc) is 3.37. The number of hydrogen-bond donors (Lipinski definition) is 1. The number of anilines is 1. The van der Waals surface area contributed by atoms with Crippen LogP contribution in [-0.2, 0) is 10.2 Å². The highest BCUT2D eigenvalue weighted by atomic mass is 16.7. The molecule has 1 N–H and O–H groups in total. The number of nitrogens with one attached hydrogen (secondary N) is 1. The zero-order chi connectivity index (χ0) is 19.8. The van der Waals surface area contributed by atoms with E-state index in [-0.39, 0.29) is 18.2 Å². The topological polar surface area (TPSA) is 60.0 Å². The molecular weight excluding hydrogens is 368 g/mol. The van der Waals surface area contributed by atoms with Gasteiger partial charge < -0.3 is 19.5 Å². The van der Waals surface area contributed by atoms with Crippen molar-refractivity contribution in [3.8, 4) is 11.5 Å². The van der Waals surface area contributed by atoms with Gasteiger partial charge in [-0.25, -0.2) is 4.79 Å². The molecule has 152 valence electrons. The third-order valence-electron chi connectivity index (χ3n) is 6.47. The zero-order valence-corrected chi connectivity index (χ0v) is 16.6. The lowest BCUT2D eigenvalue weighted by atomic mass is 9.74. The number of carbonyl (C=O) groups excluding carboxylic acids is 1. The van der Waals surface area contributed by atoms with Crippen molar-refractivity contribution < 1.29 is 19.0 Å². The molecule has 1 saturated heterocycles. The van der Waals surface area contributed by atoms with E-state index in [0.717, 1.165) is 30.0 Å². The Bertz CT molecular complexity index is 923. The van der Waals surface area contributed by atoms with E-state index < -0.39 is 0 Å². The van der Waals surface area contributed by atoms with Crippen LogP contribution < -0.4 is 19.7 Å². The minimum Gasteiger partial charge on any atom is -0.454 e. The van der Waals surface area contributed by atoms with E-state index in [0.29, 0.717) is 32.2 Å². The van der Waals surface area contributed by atoms with Crippen molar-refractivity contribution in [2.45, 2.75) is 31.1 Å². The maximum Gasteiger partial charge on any atom is 0.321 e. The summed E-state index contributed by atoms with van der Waals surface area (Å²) >= 11 is 0. The Morgan fingerprint density at radius 3 is 2.79 bits per heavy atom. The SMILES string of the molecule is CC1CN(C(=O)NCC2(c3ccc4c(c3)OCO4)CCOCC2)c2ccccc21. The average molecular weight is 394 g/mol. The molecular formula is C23H26N2O4. The van der Waals surface area contributed by atoms with E-state index in [9.17, 15) is 4.79 Å². The molecule has 3 aliphatic heterocycles. The predicted molar refractivity (Wildman–Crippen MR) is 110 cm³/mol. The van der Waals surface area contributed by atoms with Crippen molar-refractivity contribution in [2.24, 2.45) is 0 Å². The number of carbonyl (C=O) groups is 1. The molecule has 1 unspecified atom stereocenters. The molecule has 29 heavy (non-hydrogen) atoms. The smallest absolute Gasteiger partial charge is 0.321 e. The maximum atomic E-state index is 13.1. The van der Waals surface area contributed by atoms with E-state index in [1.807, 2.05) is 29.2 Å². The number of urea groups is 1. The van der Waals surface area contributed by atoms with Crippen molar-refractivity contribution in [2.75, 3.05) is 38.0 Å². The third kappa shape index (κ3) is 3.21. The summed E-state index contributed by atoms with van der Waals surface area (Å²) in [6.07, 6.45) is 1.72. The largest absolute Gasteiger partial charge is 0.454 e. The fourth-order valence-corrected chi connectivity index (χ4v) is 4.71. The van der Waals surface area contributed by atoms with Gasteiger partial charge in [-0.05, 0) is 42.2 Å². The fraction of sp³-hybridized carbons (Fsp3) is 0.435. The molecule has 6 heteroatoms. The van der Waals surface area contributed by atoms with E-state index in [2.05, 4.69) is 30.4 Å². The number of ether oxygens (including phenoxy) is 3. The molecule has 1 atom stereocenters. The Balaban J connectivity index is 1.36. The quantitative estimate of drug-likeness (QED) is 0.860. The molecule has 2 aromatic carbocycles. The van der Waals surface area contributed by atoms with Gasteiger partial charge in [0, 0.05) is 43.3 Å². The van der Waals surface area contributed by atoms with E-state index in [4.69, 9.17) is 14.2 Å². The number of nitrogens with zero attached hydrogens (tertiary/aromatic N) is 1. The van der Waals surface area contributed by atoms with Crippen LogP contribution in [0, 0.1) is 0 Å². The van der Waals surface area contributed by atoms with Gasteiger partial charge in [-0.3, -0.25) is 4.90 Å². The second kappa shape index (κ2) is 7.26. The number of benzene rings is 2. The fourth-order valence-electron chi connectivity index (χ4n) is 4.71. The minimum atomic E-state index is -0.167. The molecule has 0 saturated carbocycles. The lowest BCUT2D eigenvalue weighted by molar-refractivity contribution is 0.0507. The second-order valence-electron chi connectivity index (χ2n) is 8.19. The number of rotatable bonds is 3. The van der Waals surface area contributed by atoms with Gasteiger partial charge in [-0.2, -0.15) is 0 Å². The zero-order valence-electron chi connectivity index (χ0n) is 16.6. The summed E-state index contributed by atoms with van der Waals surface area (Å²) in [5.41, 5.74) is 3.25. The Kier molecular flexibility index (Phi) is 4.59. The van der Waals surface area contributed by atoms with Crippen molar-refractivity contribution in [3.63, 3.8) is 0 Å². The molecule has 3 aliphatic rings. The summed E-state index contributed by atoms with van der Waals surface area (Å²) in [5.74, 6) is 1.91. The Hall–Kier alpha value is -2.73. The molecule has 6 nitrogen and oxygen atoms in total. The summed E-state index contributed by atoms with van der Waals surface area (Å²) in [4.78, 5) is 15.0. The van der Waals surface area contributed by atoms with Crippen LogP contribution in [0.1, 0.15) is 36.8 Å². The van der Waals surface area contributed by atoms with Gasteiger partial charge in [0.1, 0.15) is 0 Å². The highest BCUT2D eigenvalue weighted by Gasteiger charge is 2.37. The summed E-state index contributed by atoms with van der Waals surface area (Å²) in [6, 6.07) is 14.3. The summed E-state index contributed by atoms with van der Waals surface area (Å²) in [6.45, 7) is 5.09. The van der Waals surface area contributed by atoms with Crippen molar-refractivity contribution >= 4 is 11.7 Å². The molecule has 2 aromatic rings. The highest BCUT2D eigenvalue weighted by Crippen LogP contribution is 2.41. The molecule has 0 aliphatic carbocycles. The molecule has 5 rings (SSSR count). The van der Waals surface area contributed by atoms with Gasteiger partial charge in [0.25, 0.3) is 0 Å². The van der Waals surface area contributed by atoms with Crippen LogP contribution in [0.3, 0.4) is 0 Å². The predicted octanol–water partition coefficient (Wildman–Crippen LogP) is 3.80. The van der Waals surface area contributed by atoms with Crippen LogP contribution >= 0.6 is 0 Å². The van der Waals surface area contributed by atoms with Crippen LogP contribution in [-0.4, -0.2) is 39.1 Å². The number of fused-ring (bicyclic) bond motifs is 2. The molecule has 0 spiro atoms. The van der Waals surface area contributed by atoms with Gasteiger partial charge in [0.05, 0.1) is 0 Å². The number of hydrogen-bond acceptors (Lipinski definition) is 4. The summed E-state index contributed by atoms with van der Waals surface area (Å²) in [5, 5.41) is 3.22. The Labute approximate surface area is 170 Å². The van der Waals surface area contributed by atoms with Gasteiger partial charge in [-0.15, -0.1) is 0 Å². The summed E-state index contributed by atoms with van der Waals surface area (Å²) < 4.78 is 16.7. The number of para-hydroxylation sites is 1. The Morgan fingerprint density at radius 1 is 1.14 bits per heavy atom. The van der Waals surface area contributed by atoms with E-state index in [1.54, 1.807) is 0 Å². The third-order valence-corrected chi connectivity index (χ3v) is 6.47. The lowest BCUT2D eigenvalue weighted by Gasteiger charge is -2.38. The van der Waals surface area contributed by atoms with Crippen molar-refractivity contribution in [1.82, 2.24) is 5.32 Å². The van der Waals surface area contributed by atoms with Gasteiger partial charge >= 0.3 is 6.03 Å². The van der Waals surface area contributed by atoms with Gasteiger partial charge in [0.15, 0.2) is 11.5 Å². The van der Waals surface area contributed by atoms with Crippen LogP contribution in [0.5, 0.6) is 11.5 Å². The molecule has 0 radical (unpaired) electrons. The first kappa shape index (κ1) is 18.3. The van der Waals surface area contributed by atoms with Crippen molar-refractivity contribution in [1.29, 1.82) is 0 Å². The van der Waals surface area contributed by atoms with Crippen LogP contribution in [0.15, 0.2) is 42.5 Å². The first-order valence-corrected chi connectivity index (χ1v) is 10.3. The first-order chi connectivity index (χ1) is 14.2. The van der Waals surface area contributed by atoms with Crippen LogP contribution in [0.2, 0.25) is 0 Å². The lowest BCUT2D eigenvalue weighted by Crippen LogP contribution is -2.48. The standard InChI is InChI=1S/C23H26N2O4/c1-16-13-25(19-5-3-2-4-18(16)19)22(26)24-14-23(8-10-27-11-9-23)17-6-7-20-21(12-17)29-15-28-20/h2-7,12,16H,8-11,13-15H2,1H3,(H,24,26). The number of amides is 2. The highest BCUT2D eigenvalue weighted by molar-refractivity contribution is 5.94.